The molecule has 1 heterocycles. The number of ether oxygens (including phenoxy) is 3. The second-order valence-electron chi connectivity index (χ2n) is 5.54. The normalized spacial score (nSPS) is 12.5. The quantitative estimate of drug-likeness (QED) is 0.773. The third kappa shape index (κ3) is 5.84. The second kappa shape index (κ2) is 7.82. The van der Waals surface area contributed by atoms with E-state index in [1.807, 2.05) is 0 Å². The number of methoxy groups -OCH3 is 1. The van der Waals surface area contributed by atoms with Gasteiger partial charge in [-0.15, -0.1) is 11.3 Å². The lowest BCUT2D eigenvalue weighted by molar-refractivity contribution is 0.0499. The molecule has 0 saturated carbocycles. The van der Waals surface area contributed by atoms with Crippen molar-refractivity contribution in [2.45, 2.75) is 39.4 Å². The van der Waals surface area contributed by atoms with Crippen molar-refractivity contribution >= 4 is 39.3 Å². The van der Waals surface area contributed by atoms with Gasteiger partial charge in [0.05, 0.1) is 18.1 Å². The van der Waals surface area contributed by atoms with Crippen LogP contribution in [0.15, 0.2) is 9.85 Å². The molecule has 1 amide bonds. The lowest BCUT2D eigenvalue weighted by atomic mass is 10.2. The Balaban J connectivity index is 2.59. The Bertz CT molecular complexity index is 538. The fourth-order valence-electron chi connectivity index (χ4n) is 1.45. The maximum Gasteiger partial charge on any atom is 0.407 e. The zero-order valence-corrected chi connectivity index (χ0v) is 15.6. The van der Waals surface area contributed by atoms with E-state index in [1.54, 1.807) is 33.1 Å². The number of thiophene rings is 1. The van der Waals surface area contributed by atoms with Crippen LogP contribution >= 0.6 is 27.3 Å². The number of carbonyl (C=O) groups is 2. The van der Waals surface area contributed by atoms with Crippen LogP contribution in [-0.2, 0) is 9.47 Å². The molecule has 8 heteroatoms. The largest absolute Gasteiger partial charge is 0.486 e. The van der Waals surface area contributed by atoms with Crippen molar-refractivity contribution in [3.8, 4) is 5.75 Å². The van der Waals surface area contributed by atoms with Crippen LogP contribution in [0.4, 0.5) is 4.79 Å². The van der Waals surface area contributed by atoms with Crippen molar-refractivity contribution in [3.63, 3.8) is 0 Å². The molecule has 22 heavy (non-hydrogen) atoms. The predicted molar refractivity (Wildman–Crippen MR) is 87.7 cm³/mol. The van der Waals surface area contributed by atoms with Gasteiger partial charge in [-0.1, -0.05) is 0 Å². The van der Waals surface area contributed by atoms with Crippen molar-refractivity contribution in [3.05, 3.63) is 14.7 Å². The first kappa shape index (κ1) is 18.8. The van der Waals surface area contributed by atoms with E-state index in [4.69, 9.17) is 14.2 Å². The molecule has 0 saturated heterocycles. The molecule has 1 atom stereocenters. The van der Waals surface area contributed by atoms with Crippen molar-refractivity contribution < 1.29 is 23.8 Å². The van der Waals surface area contributed by atoms with Gasteiger partial charge in [0, 0.05) is 5.38 Å². The van der Waals surface area contributed by atoms with Gasteiger partial charge in [-0.3, -0.25) is 0 Å². The first-order chi connectivity index (χ1) is 10.1. The summed E-state index contributed by atoms with van der Waals surface area (Å²) in [5, 5.41) is 4.36. The molecule has 0 aliphatic rings. The van der Waals surface area contributed by atoms with Gasteiger partial charge in [0.2, 0.25) is 0 Å². The number of halogens is 1. The average molecular weight is 394 g/mol. The number of amides is 1. The predicted octanol–water partition coefficient (Wildman–Crippen LogP) is 3.59. The minimum Gasteiger partial charge on any atom is -0.486 e. The van der Waals surface area contributed by atoms with Gasteiger partial charge in [-0.05, 0) is 43.6 Å². The molecule has 6 nitrogen and oxygen atoms in total. The molecule has 0 aliphatic carbocycles. The van der Waals surface area contributed by atoms with Gasteiger partial charge in [-0.25, -0.2) is 9.59 Å². The Kier molecular flexibility index (Phi) is 6.67. The molecule has 0 aromatic carbocycles. The summed E-state index contributed by atoms with van der Waals surface area (Å²) in [5.74, 6) is -0.0478. The summed E-state index contributed by atoms with van der Waals surface area (Å²) in [6, 6.07) is 0. The fourth-order valence-corrected chi connectivity index (χ4v) is 2.93. The Morgan fingerprint density at radius 2 is 2.05 bits per heavy atom. The maximum atomic E-state index is 11.6. The standard InChI is InChI=1S/C14H20BrNO5S/c1-8(6-16-13(18)21-14(2,3)4)20-10-9(15)7-22-11(10)12(17)19-5/h7-8H,6H2,1-5H3,(H,16,18)/t8-/m0/s1. The van der Waals surface area contributed by atoms with Crippen molar-refractivity contribution in [1.29, 1.82) is 0 Å². The van der Waals surface area contributed by atoms with E-state index in [-0.39, 0.29) is 12.6 Å². The van der Waals surface area contributed by atoms with E-state index in [1.165, 1.54) is 18.4 Å². The first-order valence-corrected chi connectivity index (χ1v) is 8.30. The molecular weight excluding hydrogens is 374 g/mol. The van der Waals surface area contributed by atoms with Gasteiger partial charge in [0.25, 0.3) is 0 Å². The Morgan fingerprint density at radius 1 is 1.41 bits per heavy atom. The Hall–Kier alpha value is -1.28. The molecule has 0 radical (unpaired) electrons. The lowest BCUT2D eigenvalue weighted by Crippen LogP contribution is -2.37. The van der Waals surface area contributed by atoms with Crippen LogP contribution in [0.2, 0.25) is 0 Å². The molecule has 1 aromatic heterocycles. The minimum atomic E-state index is -0.553. The topological polar surface area (TPSA) is 73.9 Å². The number of hydrogen-bond acceptors (Lipinski definition) is 6. The highest BCUT2D eigenvalue weighted by Gasteiger charge is 2.22. The SMILES string of the molecule is COC(=O)c1scc(Br)c1O[C@@H](C)CNC(=O)OC(C)(C)C. The summed E-state index contributed by atoms with van der Waals surface area (Å²) in [7, 11) is 1.31. The van der Waals surface area contributed by atoms with Crippen LogP contribution in [0, 0.1) is 0 Å². The monoisotopic (exact) mass is 393 g/mol. The number of nitrogens with one attached hydrogen (secondary N) is 1. The molecule has 124 valence electrons. The average Bonchev–Trinajstić information content (AvgIpc) is 2.75. The molecule has 1 aromatic rings. The van der Waals surface area contributed by atoms with Gasteiger partial charge >= 0.3 is 12.1 Å². The zero-order chi connectivity index (χ0) is 16.9. The van der Waals surface area contributed by atoms with Gasteiger partial charge < -0.3 is 19.5 Å². The van der Waals surface area contributed by atoms with Gasteiger partial charge in [-0.2, -0.15) is 0 Å². The van der Waals surface area contributed by atoms with Crippen LogP contribution in [0.3, 0.4) is 0 Å². The molecule has 0 spiro atoms. The third-order valence-corrected chi connectivity index (χ3v) is 4.16. The Labute approximate surface area is 142 Å². The van der Waals surface area contributed by atoms with E-state index < -0.39 is 17.7 Å². The lowest BCUT2D eigenvalue weighted by Gasteiger charge is -2.21. The highest BCUT2D eigenvalue weighted by atomic mass is 79.9. The van der Waals surface area contributed by atoms with Crippen LogP contribution in [-0.4, -0.2) is 37.4 Å². The van der Waals surface area contributed by atoms with E-state index in [0.29, 0.717) is 15.1 Å². The molecule has 1 rings (SSSR count). The van der Waals surface area contributed by atoms with Crippen LogP contribution < -0.4 is 10.1 Å². The van der Waals surface area contributed by atoms with E-state index in [2.05, 4.69) is 21.2 Å². The van der Waals surface area contributed by atoms with E-state index in [9.17, 15) is 9.59 Å². The first-order valence-electron chi connectivity index (χ1n) is 6.63. The van der Waals surface area contributed by atoms with Crippen molar-refractivity contribution in [2.75, 3.05) is 13.7 Å². The molecule has 0 bridgehead atoms. The van der Waals surface area contributed by atoms with Gasteiger partial charge in [0.15, 0.2) is 10.6 Å². The number of alkyl carbamates (subject to hydrolysis) is 1. The second-order valence-corrected chi connectivity index (χ2v) is 7.28. The summed E-state index contributed by atoms with van der Waals surface area (Å²) in [5.41, 5.74) is -0.553. The number of rotatable bonds is 5. The number of hydrogen-bond donors (Lipinski definition) is 1. The summed E-state index contributed by atoms with van der Waals surface area (Å²) < 4.78 is 16.2. The van der Waals surface area contributed by atoms with Gasteiger partial charge in [0.1, 0.15) is 11.7 Å². The number of carbonyl (C=O) groups excluding carboxylic acids is 2. The van der Waals surface area contributed by atoms with E-state index >= 15 is 0 Å². The van der Waals surface area contributed by atoms with Crippen LogP contribution in [0.5, 0.6) is 5.75 Å². The Morgan fingerprint density at radius 3 is 2.59 bits per heavy atom. The number of esters is 1. The van der Waals surface area contributed by atoms with Crippen molar-refractivity contribution in [1.82, 2.24) is 5.32 Å². The van der Waals surface area contributed by atoms with Crippen LogP contribution in [0.1, 0.15) is 37.4 Å². The molecule has 1 N–H and O–H groups in total. The molecular formula is C14H20BrNO5S. The smallest absolute Gasteiger partial charge is 0.407 e. The molecule has 0 unspecified atom stereocenters. The fraction of sp³-hybridized carbons (Fsp3) is 0.571. The van der Waals surface area contributed by atoms with Crippen molar-refractivity contribution in [2.24, 2.45) is 0 Å². The highest BCUT2D eigenvalue weighted by molar-refractivity contribution is 9.10. The summed E-state index contributed by atoms with van der Waals surface area (Å²) in [6.07, 6.45) is -0.859. The molecule has 0 aliphatic heterocycles. The minimum absolute atomic E-state index is 0.248. The van der Waals surface area contributed by atoms with Crippen LogP contribution in [0.25, 0.3) is 0 Å². The summed E-state index contributed by atoms with van der Waals surface area (Å²) in [4.78, 5) is 23.6. The third-order valence-electron chi connectivity index (χ3n) is 2.33. The summed E-state index contributed by atoms with van der Waals surface area (Å²) >= 11 is 4.55. The summed E-state index contributed by atoms with van der Waals surface area (Å²) in [6.45, 7) is 7.40. The zero-order valence-electron chi connectivity index (χ0n) is 13.2. The molecule has 0 fully saturated rings. The van der Waals surface area contributed by atoms with E-state index in [0.717, 1.165) is 0 Å². The highest BCUT2D eigenvalue weighted by Crippen LogP contribution is 2.36. The maximum absolute atomic E-state index is 11.6.